The van der Waals surface area contributed by atoms with E-state index in [0.29, 0.717) is 31.0 Å². The molecule has 1 fully saturated rings. The van der Waals surface area contributed by atoms with Gasteiger partial charge in [0.05, 0.1) is 24.5 Å². The van der Waals surface area contributed by atoms with E-state index in [4.69, 9.17) is 4.74 Å². The summed E-state index contributed by atoms with van der Waals surface area (Å²) in [5.74, 6) is 0.374. The average Bonchev–Trinajstić information content (AvgIpc) is 2.52. The number of carbonyl (C=O) groups is 1. The molecule has 122 valence electrons. The molecule has 1 aromatic heterocycles. The molecule has 1 aliphatic heterocycles. The first-order valence-corrected chi connectivity index (χ1v) is 8.91. The van der Waals surface area contributed by atoms with Crippen molar-refractivity contribution in [2.24, 2.45) is 0 Å². The lowest BCUT2D eigenvalue weighted by molar-refractivity contribution is 0.000434. The fourth-order valence-corrected chi connectivity index (χ4v) is 2.92. The van der Waals surface area contributed by atoms with Crippen LogP contribution in [-0.2, 0) is 21.2 Å². The van der Waals surface area contributed by atoms with Gasteiger partial charge in [0.1, 0.15) is 5.82 Å². The zero-order chi connectivity index (χ0) is 16.2. The summed E-state index contributed by atoms with van der Waals surface area (Å²) < 4.78 is 29.9. The van der Waals surface area contributed by atoms with Crippen LogP contribution < -0.4 is 5.32 Å². The lowest BCUT2D eigenvalue weighted by atomic mass is 10.2. The van der Waals surface area contributed by atoms with E-state index in [1.807, 2.05) is 6.92 Å². The number of amides is 1. The summed E-state index contributed by atoms with van der Waals surface area (Å²) >= 11 is 0. The second-order valence-corrected chi connectivity index (χ2v) is 7.05. The zero-order valence-electron chi connectivity index (χ0n) is 12.7. The minimum absolute atomic E-state index is 0.236. The van der Waals surface area contributed by atoms with Gasteiger partial charge in [-0.3, -0.25) is 4.79 Å². The van der Waals surface area contributed by atoms with Crippen molar-refractivity contribution in [3.8, 4) is 0 Å². The summed E-state index contributed by atoms with van der Waals surface area (Å²) in [7, 11) is -3.24. The minimum Gasteiger partial charge on any atom is -0.374 e. The molecule has 0 radical (unpaired) electrons. The lowest BCUT2D eigenvalue weighted by Gasteiger charge is -2.31. The maximum Gasteiger partial charge on any atom is 0.254 e. The summed E-state index contributed by atoms with van der Waals surface area (Å²) in [6.07, 6.45) is 4.47. The number of aryl methyl sites for hydroxylation is 1. The lowest BCUT2D eigenvalue weighted by Crippen LogP contribution is -2.49. The van der Waals surface area contributed by atoms with Gasteiger partial charge in [-0.2, -0.15) is 4.31 Å². The van der Waals surface area contributed by atoms with Gasteiger partial charge < -0.3 is 10.1 Å². The number of hydrogen-bond acceptors (Lipinski definition) is 6. The highest BCUT2D eigenvalue weighted by atomic mass is 32.2. The Morgan fingerprint density at radius 2 is 2.14 bits per heavy atom. The summed E-state index contributed by atoms with van der Waals surface area (Å²) in [5, 5.41) is 2.71. The van der Waals surface area contributed by atoms with E-state index >= 15 is 0 Å². The van der Waals surface area contributed by atoms with Gasteiger partial charge in [-0.05, 0) is 0 Å². The molecule has 2 rings (SSSR count). The molecule has 1 N–H and O–H groups in total. The van der Waals surface area contributed by atoms with Crippen molar-refractivity contribution < 1.29 is 17.9 Å². The molecule has 1 aliphatic rings. The molecule has 8 nitrogen and oxygen atoms in total. The molecule has 1 saturated heterocycles. The molecule has 0 spiro atoms. The molecule has 0 unspecified atom stereocenters. The summed E-state index contributed by atoms with van der Waals surface area (Å²) in [5.41, 5.74) is 0.368. The van der Waals surface area contributed by atoms with Crippen LogP contribution in [0.15, 0.2) is 12.4 Å². The molecule has 2 heterocycles. The maximum absolute atomic E-state index is 12.0. The van der Waals surface area contributed by atoms with Crippen molar-refractivity contribution in [3.63, 3.8) is 0 Å². The predicted molar refractivity (Wildman–Crippen MR) is 79.9 cm³/mol. The Labute approximate surface area is 129 Å². The second-order valence-electron chi connectivity index (χ2n) is 5.07. The Bertz CT molecular complexity index is 617. The van der Waals surface area contributed by atoms with Crippen LogP contribution in [0.4, 0.5) is 0 Å². The Kier molecular flexibility index (Phi) is 5.43. The van der Waals surface area contributed by atoms with Gasteiger partial charge in [0, 0.05) is 38.4 Å². The Hall–Kier alpha value is -1.58. The van der Waals surface area contributed by atoms with Gasteiger partial charge in [0.2, 0.25) is 10.0 Å². The smallest absolute Gasteiger partial charge is 0.254 e. The van der Waals surface area contributed by atoms with Crippen LogP contribution >= 0.6 is 0 Å². The van der Waals surface area contributed by atoms with E-state index in [1.54, 1.807) is 0 Å². The van der Waals surface area contributed by atoms with Crippen molar-refractivity contribution in [2.75, 3.05) is 32.5 Å². The fraction of sp³-hybridized carbons (Fsp3) is 0.615. The van der Waals surface area contributed by atoms with Gasteiger partial charge >= 0.3 is 0 Å². The highest BCUT2D eigenvalue weighted by Crippen LogP contribution is 2.08. The number of nitrogens with zero attached hydrogens (tertiary/aromatic N) is 3. The summed E-state index contributed by atoms with van der Waals surface area (Å²) in [6, 6.07) is 0. The van der Waals surface area contributed by atoms with Gasteiger partial charge in [-0.1, -0.05) is 6.92 Å². The SMILES string of the molecule is CCc1ncc(C(=O)NC[C@H]2CN(S(C)(=O)=O)CCO2)cn1. The Morgan fingerprint density at radius 1 is 1.45 bits per heavy atom. The topological polar surface area (TPSA) is 101 Å². The zero-order valence-corrected chi connectivity index (χ0v) is 13.5. The quantitative estimate of drug-likeness (QED) is 0.777. The van der Waals surface area contributed by atoms with Crippen LogP contribution in [0.3, 0.4) is 0 Å². The number of rotatable bonds is 5. The summed E-state index contributed by atoms with van der Waals surface area (Å²) in [4.78, 5) is 20.1. The Balaban J connectivity index is 1.87. The minimum atomic E-state index is -3.24. The molecular formula is C13H20N4O4S. The van der Waals surface area contributed by atoms with Crippen molar-refractivity contribution in [2.45, 2.75) is 19.4 Å². The highest BCUT2D eigenvalue weighted by molar-refractivity contribution is 7.88. The number of nitrogens with one attached hydrogen (secondary N) is 1. The van der Waals surface area contributed by atoms with E-state index in [0.717, 1.165) is 0 Å². The van der Waals surface area contributed by atoms with Crippen LogP contribution in [0, 0.1) is 0 Å². The van der Waals surface area contributed by atoms with Crippen molar-refractivity contribution in [1.29, 1.82) is 0 Å². The average molecular weight is 328 g/mol. The number of ether oxygens (including phenoxy) is 1. The molecule has 0 aliphatic carbocycles. The number of morpholine rings is 1. The highest BCUT2D eigenvalue weighted by Gasteiger charge is 2.26. The van der Waals surface area contributed by atoms with Crippen LogP contribution in [0.1, 0.15) is 23.1 Å². The standard InChI is InChI=1S/C13H20N4O4S/c1-3-12-14-6-10(7-15-12)13(18)16-8-11-9-17(4-5-21-11)22(2,19)20/h6-7,11H,3-5,8-9H2,1-2H3,(H,16,18)/t11-/m0/s1. The third kappa shape index (κ3) is 4.46. The second kappa shape index (κ2) is 7.12. The van der Waals surface area contributed by atoms with Crippen LogP contribution in [0.2, 0.25) is 0 Å². The molecule has 1 atom stereocenters. The number of carbonyl (C=O) groups excluding carboxylic acids is 1. The first-order chi connectivity index (χ1) is 10.4. The van der Waals surface area contributed by atoms with E-state index < -0.39 is 10.0 Å². The maximum atomic E-state index is 12.0. The van der Waals surface area contributed by atoms with Gasteiger partial charge in [-0.25, -0.2) is 18.4 Å². The first-order valence-electron chi connectivity index (χ1n) is 7.06. The van der Waals surface area contributed by atoms with Crippen LogP contribution in [0.5, 0.6) is 0 Å². The normalized spacial score (nSPS) is 19.8. The van der Waals surface area contributed by atoms with E-state index in [2.05, 4.69) is 15.3 Å². The molecule has 1 amide bonds. The Morgan fingerprint density at radius 3 is 2.73 bits per heavy atom. The van der Waals surface area contributed by atoms with Crippen molar-refractivity contribution in [1.82, 2.24) is 19.6 Å². The first kappa shape index (κ1) is 16.8. The van der Waals surface area contributed by atoms with Gasteiger partial charge in [0.15, 0.2) is 0 Å². The van der Waals surface area contributed by atoms with Gasteiger partial charge in [-0.15, -0.1) is 0 Å². The molecule has 0 aromatic carbocycles. The number of aromatic nitrogens is 2. The molecule has 9 heteroatoms. The van der Waals surface area contributed by atoms with E-state index in [1.165, 1.54) is 23.0 Å². The van der Waals surface area contributed by atoms with Crippen LogP contribution in [-0.4, -0.2) is 67.2 Å². The number of hydrogen-bond donors (Lipinski definition) is 1. The van der Waals surface area contributed by atoms with E-state index in [9.17, 15) is 13.2 Å². The molecule has 0 saturated carbocycles. The third-order valence-electron chi connectivity index (χ3n) is 3.34. The molecule has 22 heavy (non-hydrogen) atoms. The van der Waals surface area contributed by atoms with Crippen molar-refractivity contribution >= 4 is 15.9 Å². The molecule has 1 aromatic rings. The monoisotopic (exact) mass is 328 g/mol. The van der Waals surface area contributed by atoms with Crippen molar-refractivity contribution in [3.05, 3.63) is 23.8 Å². The van der Waals surface area contributed by atoms with Gasteiger partial charge in [0.25, 0.3) is 5.91 Å². The van der Waals surface area contributed by atoms with Crippen LogP contribution in [0.25, 0.3) is 0 Å². The van der Waals surface area contributed by atoms with E-state index in [-0.39, 0.29) is 25.1 Å². The summed E-state index contributed by atoms with van der Waals surface area (Å²) in [6.45, 7) is 3.07. The largest absolute Gasteiger partial charge is 0.374 e. The fourth-order valence-electron chi connectivity index (χ4n) is 2.08. The number of sulfonamides is 1. The third-order valence-corrected chi connectivity index (χ3v) is 4.61. The predicted octanol–water partition coefficient (Wildman–Crippen LogP) is -0.571. The molecular weight excluding hydrogens is 308 g/mol. The molecule has 0 bridgehead atoms.